The number of nitrogens with two attached hydrogens (primary N) is 1. The molecule has 2 heteroatoms. The Morgan fingerprint density at radius 2 is 1.91 bits per heavy atom. The Morgan fingerprint density at radius 1 is 1.45 bits per heavy atom. The molecule has 2 nitrogen and oxygen atoms in total. The molecule has 1 fully saturated rings. The first-order valence-electron chi connectivity index (χ1n) is 4.18. The number of hydrogen-bond acceptors (Lipinski definition) is 2. The SMILES string of the molecule is C=C(C)C1(N)CCN(C)CC1. The molecule has 1 aliphatic rings. The Morgan fingerprint density at radius 3 is 2.27 bits per heavy atom. The standard InChI is InChI=1S/C9H18N2/c1-8(2)9(10)4-6-11(3)7-5-9/h1,4-7,10H2,2-3H3. The average Bonchev–Trinajstić information content (AvgIpc) is 1.95. The van der Waals surface area contributed by atoms with Gasteiger partial charge >= 0.3 is 0 Å². The quantitative estimate of drug-likeness (QED) is 0.571. The topological polar surface area (TPSA) is 29.3 Å². The van der Waals surface area contributed by atoms with E-state index >= 15 is 0 Å². The summed E-state index contributed by atoms with van der Waals surface area (Å²) in [5.74, 6) is 0. The van der Waals surface area contributed by atoms with Crippen molar-refractivity contribution in [1.82, 2.24) is 4.90 Å². The predicted octanol–water partition coefficient (Wildman–Crippen LogP) is 0.986. The van der Waals surface area contributed by atoms with Crippen LogP contribution in [0.25, 0.3) is 0 Å². The van der Waals surface area contributed by atoms with Gasteiger partial charge in [0.25, 0.3) is 0 Å². The minimum Gasteiger partial charge on any atom is -0.322 e. The highest BCUT2D eigenvalue weighted by Gasteiger charge is 2.29. The van der Waals surface area contributed by atoms with Gasteiger partial charge in [0.1, 0.15) is 0 Å². The van der Waals surface area contributed by atoms with Crippen LogP contribution in [0, 0.1) is 0 Å². The zero-order valence-corrected chi connectivity index (χ0v) is 7.56. The monoisotopic (exact) mass is 154 g/mol. The molecule has 1 aliphatic heterocycles. The minimum absolute atomic E-state index is 0.0769. The molecule has 0 radical (unpaired) electrons. The van der Waals surface area contributed by atoms with Crippen LogP contribution in [0.2, 0.25) is 0 Å². The highest BCUT2D eigenvalue weighted by molar-refractivity contribution is 5.14. The average molecular weight is 154 g/mol. The summed E-state index contributed by atoms with van der Waals surface area (Å²) in [6, 6.07) is 0. The molecule has 1 rings (SSSR count). The van der Waals surface area contributed by atoms with Gasteiger partial charge in [-0.3, -0.25) is 0 Å². The molecule has 0 aromatic rings. The van der Waals surface area contributed by atoms with E-state index in [4.69, 9.17) is 5.73 Å². The van der Waals surface area contributed by atoms with Gasteiger partial charge in [0.15, 0.2) is 0 Å². The molecule has 1 saturated heterocycles. The van der Waals surface area contributed by atoms with Crippen LogP contribution in [-0.2, 0) is 0 Å². The first-order valence-corrected chi connectivity index (χ1v) is 4.18. The van der Waals surface area contributed by atoms with Gasteiger partial charge in [0.05, 0.1) is 0 Å². The number of piperidine rings is 1. The van der Waals surface area contributed by atoms with Crippen molar-refractivity contribution in [3.63, 3.8) is 0 Å². The normalized spacial score (nSPS) is 25.0. The van der Waals surface area contributed by atoms with Crippen LogP contribution >= 0.6 is 0 Å². The summed E-state index contributed by atoms with van der Waals surface area (Å²) in [5, 5.41) is 0. The fraction of sp³-hybridized carbons (Fsp3) is 0.778. The van der Waals surface area contributed by atoms with Gasteiger partial charge in [-0.15, -0.1) is 0 Å². The first kappa shape index (κ1) is 8.75. The molecular weight excluding hydrogens is 136 g/mol. The van der Waals surface area contributed by atoms with E-state index in [1.54, 1.807) is 0 Å². The molecule has 0 saturated carbocycles. The molecule has 0 aliphatic carbocycles. The zero-order valence-electron chi connectivity index (χ0n) is 7.56. The van der Waals surface area contributed by atoms with Crippen LogP contribution in [0.1, 0.15) is 19.8 Å². The third kappa shape index (κ3) is 1.82. The largest absolute Gasteiger partial charge is 0.322 e. The molecule has 0 amide bonds. The van der Waals surface area contributed by atoms with E-state index in [1.165, 1.54) is 0 Å². The number of rotatable bonds is 1. The van der Waals surface area contributed by atoms with Gasteiger partial charge in [-0.25, -0.2) is 0 Å². The molecule has 2 N–H and O–H groups in total. The number of hydrogen-bond donors (Lipinski definition) is 1. The van der Waals surface area contributed by atoms with Gasteiger partial charge in [0, 0.05) is 5.54 Å². The van der Waals surface area contributed by atoms with E-state index in [0.29, 0.717) is 0 Å². The summed E-state index contributed by atoms with van der Waals surface area (Å²) in [6.07, 6.45) is 2.11. The molecule has 0 aromatic heterocycles. The molecule has 1 heterocycles. The van der Waals surface area contributed by atoms with Crippen molar-refractivity contribution in [1.29, 1.82) is 0 Å². The van der Waals surface area contributed by atoms with Crippen molar-refractivity contribution in [2.24, 2.45) is 5.73 Å². The van der Waals surface area contributed by atoms with Crippen molar-refractivity contribution in [2.45, 2.75) is 25.3 Å². The van der Waals surface area contributed by atoms with Gasteiger partial charge in [0.2, 0.25) is 0 Å². The Hall–Kier alpha value is -0.340. The number of likely N-dealkylation sites (tertiary alicyclic amines) is 1. The highest BCUT2D eigenvalue weighted by Crippen LogP contribution is 2.24. The van der Waals surface area contributed by atoms with E-state index in [-0.39, 0.29) is 5.54 Å². The fourth-order valence-electron chi connectivity index (χ4n) is 1.44. The smallest absolute Gasteiger partial charge is 0.0388 e. The summed E-state index contributed by atoms with van der Waals surface area (Å²) in [5.41, 5.74) is 7.19. The van der Waals surface area contributed by atoms with Crippen LogP contribution in [0.3, 0.4) is 0 Å². The van der Waals surface area contributed by atoms with Crippen LogP contribution in [0.4, 0.5) is 0 Å². The van der Waals surface area contributed by atoms with E-state index in [2.05, 4.69) is 18.5 Å². The maximum absolute atomic E-state index is 6.14. The third-order valence-electron chi connectivity index (χ3n) is 2.73. The summed E-state index contributed by atoms with van der Waals surface area (Å²) in [7, 11) is 2.14. The van der Waals surface area contributed by atoms with Crippen molar-refractivity contribution in [3.8, 4) is 0 Å². The van der Waals surface area contributed by atoms with Gasteiger partial charge < -0.3 is 10.6 Å². The molecule has 0 atom stereocenters. The lowest BCUT2D eigenvalue weighted by molar-refractivity contribution is 0.213. The van der Waals surface area contributed by atoms with Gasteiger partial charge in [-0.2, -0.15) is 0 Å². The lowest BCUT2D eigenvalue weighted by atomic mass is 9.83. The molecule has 0 bridgehead atoms. The molecule has 0 spiro atoms. The van der Waals surface area contributed by atoms with Gasteiger partial charge in [-0.1, -0.05) is 12.2 Å². The summed E-state index contributed by atoms with van der Waals surface area (Å²) < 4.78 is 0. The second kappa shape index (κ2) is 2.95. The number of nitrogens with zero attached hydrogens (tertiary/aromatic N) is 1. The maximum atomic E-state index is 6.14. The molecule has 11 heavy (non-hydrogen) atoms. The maximum Gasteiger partial charge on any atom is 0.0388 e. The molecular formula is C9H18N2. The summed E-state index contributed by atoms with van der Waals surface area (Å²) in [6.45, 7) is 8.17. The van der Waals surface area contributed by atoms with Crippen LogP contribution in [-0.4, -0.2) is 30.6 Å². The molecule has 0 aromatic carbocycles. The summed E-state index contributed by atoms with van der Waals surface area (Å²) in [4.78, 5) is 2.31. The lowest BCUT2D eigenvalue weighted by Gasteiger charge is -2.38. The minimum atomic E-state index is -0.0769. The Kier molecular flexibility index (Phi) is 2.35. The second-order valence-corrected chi connectivity index (χ2v) is 3.74. The van der Waals surface area contributed by atoms with E-state index < -0.39 is 0 Å². The zero-order chi connectivity index (χ0) is 8.48. The first-order chi connectivity index (χ1) is 5.04. The van der Waals surface area contributed by atoms with Crippen molar-refractivity contribution < 1.29 is 0 Å². The van der Waals surface area contributed by atoms with E-state index in [0.717, 1.165) is 31.5 Å². The van der Waals surface area contributed by atoms with E-state index in [9.17, 15) is 0 Å². The Balaban J connectivity index is 2.55. The van der Waals surface area contributed by atoms with Crippen LogP contribution < -0.4 is 5.73 Å². The van der Waals surface area contributed by atoms with Crippen LogP contribution in [0.15, 0.2) is 12.2 Å². The fourth-order valence-corrected chi connectivity index (χ4v) is 1.44. The third-order valence-corrected chi connectivity index (χ3v) is 2.73. The van der Waals surface area contributed by atoms with Crippen LogP contribution in [0.5, 0.6) is 0 Å². The van der Waals surface area contributed by atoms with Crippen molar-refractivity contribution in [3.05, 3.63) is 12.2 Å². The second-order valence-electron chi connectivity index (χ2n) is 3.74. The van der Waals surface area contributed by atoms with Gasteiger partial charge in [-0.05, 0) is 39.9 Å². The van der Waals surface area contributed by atoms with Crippen molar-refractivity contribution >= 4 is 0 Å². The Labute approximate surface area is 69.1 Å². The Bertz CT molecular complexity index is 155. The van der Waals surface area contributed by atoms with Crippen molar-refractivity contribution in [2.75, 3.05) is 20.1 Å². The lowest BCUT2D eigenvalue weighted by Crippen LogP contribution is -2.49. The van der Waals surface area contributed by atoms with E-state index in [1.807, 2.05) is 6.92 Å². The molecule has 64 valence electrons. The highest BCUT2D eigenvalue weighted by atomic mass is 15.1. The predicted molar refractivity (Wildman–Crippen MR) is 48.5 cm³/mol. The summed E-state index contributed by atoms with van der Waals surface area (Å²) >= 11 is 0. The molecule has 0 unspecified atom stereocenters.